The van der Waals surface area contributed by atoms with E-state index in [1.54, 1.807) is 17.9 Å². The van der Waals surface area contributed by atoms with Crippen LogP contribution in [0.15, 0.2) is 59.8 Å². The van der Waals surface area contributed by atoms with Gasteiger partial charge in [0.1, 0.15) is 5.82 Å². The summed E-state index contributed by atoms with van der Waals surface area (Å²) in [6.45, 7) is 3.62. The maximum Gasteiger partial charge on any atom is 0.416 e. The third kappa shape index (κ3) is 6.44. The number of amides is 3. The summed E-state index contributed by atoms with van der Waals surface area (Å²) in [5.74, 6) is -1.47. The third-order valence-electron chi connectivity index (χ3n) is 6.96. The number of esters is 1. The molecule has 0 aliphatic carbocycles. The first-order chi connectivity index (χ1) is 19.0. The Kier molecular flexibility index (Phi) is 8.77. The number of nitrogens with zero attached hydrogens (tertiary/aromatic N) is 3. The minimum Gasteiger partial charge on any atom is -0.463 e. The largest absolute Gasteiger partial charge is 0.463 e. The van der Waals surface area contributed by atoms with E-state index in [0.717, 1.165) is 12.1 Å². The lowest BCUT2D eigenvalue weighted by atomic mass is 9.93. The van der Waals surface area contributed by atoms with E-state index in [0.29, 0.717) is 43.9 Å². The third-order valence-corrected chi connectivity index (χ3v) is 6.96. The Morgan fingerprint density at radius 2 is 1.77 bits per heavy atom. The number of benzene rings is 2. The van der Waals surface area contributed by atoms with Gasteiger partial charge in [0.25, 0.3) is 5.91 Å². The molecule has 2 aromatic carbocycles. The predicted octanol–water partition coefficient (Wildman–Crippen LogP) is 4.21. The molecule has 8 nitrogen and oxygen atoms in total. The SMILES string of the molecule is CCOC(=O)C1=C(CN2CCCN(C(=O)c3cccc(F)c3)CC2)N(C)C(=O)N[C@H]1c1ccc(C(F)(F)F)cc1. The number of hydrogen-bond donors (Lipinski definition) is 1. The Hall–Kier alpha value is -3.93. The molecule has 0 aromatic heterocycles. The van der Waals surface area contributed by atoms with E-state index in [9.17, 15) is 31.9 Å². The summed E-state index contributed by atoms with van der Waals surface area (Å²) in [6, 6.07) is 8.24. The second-order valence-electron chi connectivity index (χ2n) is 9.57. The van der Waals surface area contributed by atoms with Crippen LogP contribution >= 0.6 is 0 Å². The van der Waals surface area contributed by atoms with E-state index in [2.05, 4.69) is 5.32 Å². The standard InChI is InChI=1S/C28H30F4N4O4/c1-3-40-26(38)23-22(34(2)27(39)33-24(23)18-8-10-20(11-9-18)28(30,31)32)17-35-12-5-13-36(15-14-35)25(37)19-6-4-7-21(29)16-19/h4,6-11,16,24H,3,5,12-15,17H2,1-2H3,(H,33,39)/t24-/m0/s1. The van der Waals surface area contributed by atoms with Crippen LogP contribution in [0.25, 0.3) is 0 Å². The van der Waals surface area contributed by atoms with Gasteiger partial charge >= 0.3 is 18.2 Å². The zero-order chi connectivity index (χ0) is 29.0. The summed E-state index contributed by atoms with van der Waals surface area (Å²) in [4.78, 5) is 44.0. The second kappa shape index (κ2) is 12.1. The van der Waals surface area contributed by atoms with Crippen LogP contribution in [0.3, 0.4) is 0 Å². The van der Waals surface area contributed by atoms with Gasteiger partial charge in [0.15, 0.2) is 0 Å². The average molecular weight is 563 g/mol. The molecule has 1 fully saturated rings. The highest BCUT2D eigenvalue weighted by atomic mass is 19.4. The summed E-state index contributed by atoms with van der Waals surface area (Å²) < 4.78 is 58.3. The number of urea groups is 1. The first kappa shape index (κ1) is 29.1. The van der Waals surface area contributed by atoms with E-state index < -0.39 is 35.6 Å². The molecule has 1 saturated heterocycles. The molecule has 4 rings (SSSR count). The molecule has 0 radical (unpaired) electrons. The zero-order valence-electron chi connectivity index (χ0n) is 22.1. The highest BCUT2D eigenvalue weighted by molar-refractivity contribution is 5.95. The quantitative estimate of drug-likeness (QED) is 0.422. The van der Waals surface area contributed by atoms with Crippen molar-refractivity contribution in [2.24, 2.45) is 0 Å². The van der Waals surface area contributed by atoms with Gasteiger partial charge in [0, 0.05) is 51.0 Å². The van der Waals surface area contributed by atoms with Crippen molar-refractivity contribution in [1.82, 2.24) is 20.0 Å². The molecule has 0 bridgehead atoms. The van der Waals surface area contributed by atoms with Crippen LogP contribution in [0.4, 0.5) is 22.4 Å². The van der Waals surface area contributed by atoms with Crippen LogP contribution in [0.5, 0.6) is 0 Å². The van der Waals surface area contributed by atoms with E-state index in [4.69, 9.17) is 4.74 Å². The number of nitrogens with one attached hydrogen (secondary N) is 1. The number of alkyl halides is 3. The van der Waals surface area contributed by atoms with Crippen molar-refractivity contribution in [3.63, 3.8) is 0 Å². The predicted molar refractivity (Wildman–Crippen MR) is 137 cm³/mol. The van der Waals surface area contributed by atoms with Crippen molar-refractivity contribution in [2.45, 2.75) is 25.6 Å². The first-order valence-corrected chi connectivity index (χ1v) is 12.9. The first-order valence-electron chi connectivity index (χ1n) is 12.9. The molecule has 2 aliphatic rings. The van der Waals surface area contributed by atoms with Crippen LogP contribution in [-0.4, -0.2) is 79.0 Å². The molecular formula is C28H30F4N4O4. The van der Waals surface area contributed by atoms with Crippen molar-refractivity contribution in [3.8, 4) is 0 Å². The highest BCUT2D eigenvalue weighted by Crippen LogP contribution is 2.34. The minimum absolute atomic E-state index is 0.0634. The van der Waals surface area contributed by atoms with Crippen LogP contribution in [0.2, 0.25) is 0 Å². The van der Waals surface area contributed by atoms with Crippen LogP contribution in [0.1, 0.15) is 40.9 Å². The van der Waals surface area contributed by atoms with E-state index in [-0.39, 0.29) is 30.2 Å². The Bertz CT molecular complexity index is 1300. The van der Waals surface area contributed by atoms with E-state index in [1.165, 1.54) is 42.3 Å². The zero-order valence-corrected chi connectivity index (χ0v) is 22.1. The average Bonchev–Trinajstić information content (AvgIpc) is 3.16. The van der Waals surface area contributed by atoms with Crippen LogP contribution in [0, 0.1) is 5.82 Å². The van der Waals surface area contributed by atoms with Crippen molar-refractivity contribution in [1.29, 1.82) is 0 Å². The number of ether oxygens (including phenoxy) is 1. The van der Waals surface area contributed by atoms with Crippen molar-refractivity contribution >= 4 is 17.9 Å². The fourth-order valence-corrected chi connectivity index (χ4v) is 4.86. The summed E-state index contributed by atoms with van der Waals surface area (Å²) in [7, 11) is 1.50. The fraction of sp³-hybridized carbons (Fsp3) is 0.393. The lowest BCUT2D eigenvalue weighted by Crippen LogP contribution is -2.49. The normalized spacial score (nSPS) is 18.9. The van der Waals surface area contributed by atoms with Crippen molar-refractivity contribution < 1.29 is 36.7 Å². The minimum atomic E-state index is -4.53. The van der Waals surface area contributed by atoms with Gasteiger partial charge in [0.05, 0.1) is 23.8 Å². The van der Waals surface area contributed by atoms with Crippen LogP contribution < -0.4 is 5.32 Å². The van der Waals surface area contributed by atoms with Crippen LogP contribution in [-0.2, 0) is 15.7 Å². The van der Waals surface area contributed by atoms with Gasteiger partial charge in [-0.15, -0.1) is 0 Å². The number of carbonyl (C=O) groups excluding carboxylic acids is 3. The lowest BCUT2D eigenvalue weighted by molar-refractivity contribution is -0.139. The number of hydrogen-bond acceptors (Lipinski definition) is 5. The molecule has 2 aromatic rings. The molecule has 0 unspecified atom stereocenters. The molecule has 0 spiro atoms. The lowest BCUT2D eigenvalue weighted by Gasteiger charge is -2.36. The van der Waals surface area contributed by atoms with Gasteiger partial charge in [-0.25, -0.2) is 14.0 Å². The second-order valence-corrected chi connectivity index (χ2v) is 9.57. The van der Waals surface area contributed by atoms with Crippen molar-refractivity contribution in [3.05, 3.63) is 82.3 Å². The maximum absolute atomic E-state index is 13.6. The monoisotopic (exact) mass is 562 g/mol. The topological polar surface area (TPSA) is 82.2 Å². The Morgan fingerprint density at radius 1 is 1.05 bits per heavy atom. The summed E-state index contributed by atoms with van der Waals surface area (Å²) in [5.41, 5.74) is 0.193. The number of halogens is 4. The molecule has 40 heavy (non-hydrogen) atoms. The molecule has 2 aliphatic heterocycles. The molecule has 0 saturated carbocycles. The molecule has 2 heterocycles. The fourth-order valence-electron chi connectivity index (χ4n) is 4.86. The Labute approximate surface area is 229 Å². The molecule has 3 amide bonds. The van der Waals surface area contributed by atoms with Crippen molar-refractivity contribution in [2.75, 3.05) is 46.4 Å². The number of carbonyl (C=O) groups is 3. The molecule has 214 valence electrons. The number of rotatable bonds is 6. The maximum atomic E-state index is 13.6. The molecule has 1 N–H and O–H groups in total. The van der Waals surface area contributed by atoms with Gasteiger partial charge in [-0.05, 0) is 49.2 Å². The summed E-state index contributed by atoms with van der Waals surface area (Å²) in [6.07, 6.45) is -3.93. The van der Waals surface area contributed by atoms with Gasteiger partial charge < -0.3 is 15.0 Å². The van der Waals surface area contributed by atoms with Gasteiger partial charge in [-0.3, -0.25) is 14.6 Å². The molecular weight excluding hydrogens is 532 g/mol. The summed E-state index contributed by atoms with van der Waals surface area (Å²) >= 11 is 0. The Morgan fingerprint density at radius 3 is 2.42 bits per heavy atom. The molecule has 12 heteroatoms. The molecule has 1 atom stereocenters. The summed E-state index contributed by atoms with van der Waals surface area (Å²) in [5, 5.41) is 2.70. The van der Waals surface area contributed by atoms with E-state index >= 15 is 0 Å². The van der Waals surface area contributed by atoms with E-state index in [1.807, 2.05) is 4.90 Å². The Balaban J connectivity index is 1.60. The smallest absolute Gasteiger partial charge is 0.416 e. The highest BCUT2D eigenvalue weighted by Gasteiger charge is 2.38. The number of likely N-dealkylation sites (N-methyl/N-ethyl adjacent to an activating group) is 1. The van der Waals surface area contributed by atoms with Gasteiger partial charge in [-0.1, -0.05) is 18.2 Å². The van der Waals surface area contributed by atoms with Gasteiger partial charge in [0.2, 0.25) is 0 Å². The van der Waals surface area contributed by atoms with Gasteiger partial charge in [-0.2, -0.15) is 13.2 Å².